The van der Waals surface area contributed by atoms with E-state index in [1.54, 1.807) is 25.1 Å². The summed E-state index contributed by atoms with van der Waals surface area (Å²) in [4.78, 5) is 40.2. The topological polar surface area (TPSA) is 95.8 Å². The smallest absolute Gasteiger partial charge is 0.273 e. The zero-order valence-corrected chi connectivity index (χ0v) is 18.2. The fraction of sp³-hybridized carbons (Fsp3) is 0.200. The summed E-state index contributed by atoms with van der Waals surface area (Å²) in [6.07, 6.45) is 0. The van der Waals surface area contributed by atoms with Crippen molar-refractivity contribution >= 4 is 28.9 Å². The highest BCUT2D eigenvalue weighted by Gasteiger charge is 2.24. The first-order chi connectivity index (χ1) is 15.9. The third kappa shape index (κ3) is 4.85. The Morgan fingerprint density at radius 2 is 1.55 bits per heavy atom. The Morgan fingerprint density at radius 1 is 0.879 bits per heavy atom. The molecule has 168 valence electrons. The normalized spacial score (nSPS) is 13.5. The zero-order chi connectivity index (χ0) is 23.4. The average Bonchev–Trinajstić information content (AvgIpc) is 2.84. The Balaban J connectivity index is 1.46. The second kappa shape index (κ2) is 9.52. The fourth-order valence-electron chi connectivity index (χ4n) is 3.91. The average molecular weight is 444 g/mol. The number of nitrogens with one attached hydrogen (secondary N) is 1. The molecule has 3 aromatic rings. The summed E-state index contributed by atoms with van der Waals surface area (Å²) in [7, 11) is 0. The number of piperazine rings is 1. The van der Waals surface area contributed by atoms with Crippen molar-refractivity contribution in [2.24, 2.45) is 0 Å². The van der Waals surface area contributed by atoms with Gasteiger partial charge in [-0.2, -0.15) is 0 Å². The van der Waals surface area contributed by atoms with E-state index in [-0.39, 0.29) is 17.2 Å². The van der Waals surface area contributed by atoms with Gasteiger partial charge in [-0.3, -0.25) is 19.7 Å². The number of carbonyl (C=O) groups is 2. The van der Waals surface area contributed by atoms with Crippen LogP contribution in [0.5, 0.6) is 0 Å². The molecule has 0 unspecified atom stereocenters. The molecule has 33 heavy (non-hydrogen) atoms. The lowest BCUT2D eigenvalue weighted by Crippen LogP contribution is -2.49. The molecule has 0 saturated carbocycles. The van der Waals surface area contributed by atoms with Gasteiger partial charge in [0.15, 0.2) is 0 Å². The highest BCUT2D eigenvalue weighted by molar-refractivity contribution is 6.06. The van der Waals surface area contributed by atoms with Crippen LogP contribution < -0.4 is 10.2 Å². The standard InChI is InChI=1S/C25H24N4O4/c1-18-11-12-20(17-23(18)29(32)33)24(30)26-21-9-5-6-10-22(21)27-13-15-28(16-14-27)25(31)19-7-3-2-4-8-19/h2-12,17H,13-16H2,1H3,(H,26,30). The number of para-hydroxylation sites is 2. The van der Waals surface area contributed by atoms with E-state index in [9.17, 15) is 19.7 Å². The van der Waals surface area contributed by atoms with Crippen molar-refractivity contribution < 1.29 is 14.5 Å². The van der Waals surface area contributed by atoms with Crippen molar-refractivity contribution in [1.29, 1.82) is 0 Å². The van der Waals surface area contributed by atoms with Gasteiger partial charge in [-0.05, 0) is 37.3 Å². The van der Waals surface area contributed by atoms with E-state index in [4.69, 9.17) is 0 Å². The number of amides is 2. The second-order valence-corrected chi connectivity index (χ2v) is 7.87. The van der Waals surface area contributed by atoms with Crippen LogP contribution in [0, 0.1) is 17.0 Å². The maximum Gasteiger partial charge on any atom is 0.273 e. The Hall–Kier alpha value is -4.20. The van der Waals surface area contributed by atoms with Crippen molar-refractivity contribution in [3.63, 3.8) is 0 Å². The molecule has 1 N–H and O–H groups in total. The van der Waals surface area contributed by atoms with Gasteiger partial charge in [0, 0.05) is 48.9 Å². The molecule has 0 aliphatic carbocycles. The number of anilines is 2. The fourth-order valence-corrected chi connectivity index (χ4v) is 3.91. The van der Waals surface area contributed by atoms with E-state index in [1.807, 2.05) is 53.4 Å². The number of aryl methyl sites for hydroxylation is 1. The van der Waals surface area contributed by atoms with Gasteiger partial charge in [0.2, 0.25) is 0 Å². The summed E-state index contributed by atoms with van der Waals surface area (Å²) >= 11 is 0. The lowest BCUT2D eigenvalue weighted by atomic mass is 10.1. The summed E-state index contributed by atoms with van der Waals surface area (Å²) in [6, 6.07) is 21.1. The van der Waals surface area contributed by atoms with E-state index in [1.165, 1.54) is 6.07 Å². The highest BCUT2D eigenvalue weighted by atomic mass is 16.6. The molecule has 3 aromatic carbocycles. The second-order valence-electron chi connectivity index (χ2n) is 7.87. The molecule has 0 atom stereocenters. The van der Waals surface area contributed by atoms with Gasteiger partial charge in [-0.15, -0.1) is 0 Å². The van der Waals surface area contributed by atoms with E-state index < -0.39 is 10.8 Å². The first-order valence-corrected chi connectivity index (χ1v) is 10.7. The van der Waals surface area contributed by atoms with E-state index in [2.05, 4.69) is 10.2 Å². The number of rotatable bonds is 5. The zero-order valence-electron chi connectivity index (χ0n) is 18.2. The van der Waals surface area contributed by atoms with E-state index >= 15 is 0 Å². The van der Waals surface area contributed by atoms with Crippen LogP contribution in [0.2, 0.25) is 0 Å². The van der Waals surface area contributed by atoms with Crippen molar-refractivity contribution in [1.82, 2.24) is 4.90 Å². The molecule has 1 aliphatic rings. The quantitative estimate of drug-likeness (QED) is 0.472. The maximum atomic E-state index is 12.8. The molecule has 1 saturated heterocycles. The van der Waals surface area contributed by atoms with Gasteiger partial charge in [-0.1, -0.05) is 36.4 Å². The Kier molecular flexibility index (Phi) is 6.35. The number of benzene rings is 3. The van der Waals surface area contributed by atoms with Crippen LogP contribution in [-0.2, 0) is 0 Å². The van der Waals surface area contributed by atoms with Crippen LogP contribution in [0.1, 0.15) is 26.3 Å². The number of nitro benzene ring substituents is 1. The molecule has 0 spiro atoms. The van der Waals surface area contributed by atoms with Crippen molar-refractivity contribution in [2.75, 3.05) is 36.4 Å². The predicted molar refractivity (Wildman–Crippen MR) is 127 cm³/mol. The number of hydrogen-bond acceptors (Lipinski definition) is 5. The summed E-state index contributed by atoms with van der Waals surface area (Å²) in [5, 5.41) is 14.1. The van der Waals surface area contributed by atoms with Gasteiger partial charge in [0.25, 0.3) is 17.5 Å². The molecule has 8 nitrogen and oxygen atoms in total. The summed E-state index contributed by atoms with van der Waals surface area (Å²) in [6.45, 7) is 4.03. The minimum atomic E-state index is -0.490. The first kappa shape index (κ1) is 22.0. The highest BCUT2D eigenvalue weighted by Crippen LogP contribution is 2.28. The van der Waals surface area contributed by atoms with Crippen LogP contribution >= 0.6 is 0 Å². The molecular formula is C25H24N4O4. The van der Waals surface area contributed by atoms with Crippen LogP contribution in [0.4, 0.5) is 17.1 Å². The van der Waals surface area contributed by atoms with Gasteiger partial charge in [0.1, 0.15) is 0 Å². The van der Waals surface area contributed by atoms with Crippen LogP contribution in [0.3, 0.4) is 0 Å². The molecular weight excluding hydrogens is 420 g/mol. The summed E-state index contributed by atoms with van der Waals surface area (Å²) in [5.74, 6) is -0.402. The van der Waals surface area contributed by atoms with Crippen LogP contribution in [0.25, 0.3) is 0 Å². The molecule has 8 heteroatoms. The van der Waals surface area contributed by atoms with Crippen molar-refractivity contribution in [2.45, 2.75) is 6.92 Å². The lowest BCUT2D eigenvalue weighted by molar-refractivity contribution is -0.385. The van der Waals surface area contributed by atoms with Crippen molar-refractivity contribution in [3.8, 4) is 0 Å². The number of nitrogens with zero attached hydrogens (tertiary/aromatic N) is 3. The molecule has 0 aromatic heterocycles. The van der Waals surface area contributed by atoms with Gasteiger partial charge in [-0.25, -0.2) is 0 Å². The molecule has 1 fully saturated rings. The predicted octanol–water partition coefficient (Wildman–Crippen LogP) is 4.12. The van der Waals surface area contributed by atoms with Crippen LogP contribution in [0.15, 0.2) is 72.8 Å². The van der Waals surface area contributed by atoms with Gasteiger partial charge < -0.3 is 15.1 Å². The Bertz CT molecular complexity index is 1190. The number of nitro groups is 1. The summed E-state index contributed by atoms with van der Waals surface area (Å²) in [5.41, 5.74) is 2.77. The van der Waals surface area contributed by atoms with E-state index in [0.717, 1.165) is 5.69 Å². The molecule has 2 amide bonds. The maximum absolute atomic E-state index is 12.8. The largest absolute Gasteiger partial charge is 0.366 e. The first-order valence-electron chi connectivity index (χ1n) is 10.7. The Morgan fingerprint density at radius 3 is 2.24 bits per heavy atom. The SMILES string of the molecule is Cc1ccc(C(=O)Nc2ccccc2N2CCN(C(=O)c3ccccc3)CC2)cc1[N+](=O)[O-]. The Labute approximate surface area is 191 Å². The third-order valence-corrected chi connectivity index (χ3v) is 5.75. The van der Waals surface area contributed by atoms with Crippen LogP contribution in [-0.4, -0.2) is 47.8 Å². The molecule has 0 radical (unpaired) electrons. The monoisotopic (exact) mass is 444 g/mol. The van der Waals surface area contributed by atoms with Crippen molar-refractivity contribution in [3.05, 3.63) is 99.6 Å². The molecule has 1 heterocycles. The number of hydrogen-bond donors (Lipinski definition) is 1. The van der Waals surface area contributed by atoms with Gasteiger partial charge >= 0.3 is 0 Å². The lowest BCUT2D eigenvalue weighted by Gasteiger charge is -2.37. The molecule has 1 aliphatic heterocycles. The summed E-state index contributed by atoms with van der Waals surface area (Å²) < 4.78 is 0. The molecule has 4 rings (SSSR count). The minimum absolute atomic E-state index is 0.0119. The third-order valence-electron chi connectivity index (χ3n) is 5.75. The van der Waals surface area contributed by atoms with E-state index in [0.29, 0.717) is 43.0 Å². The van der Waals surface area contributed by atoms with Gasteiger partial charge in [0.05, 0.1) is 16.3 Å². The minimum Gasteiger partial charge on any atom is -0.366 e. The number of carbonyl (C=O) groups excluding carboxylic acids is 2. The molecule has 0 bridgehead atoms.